The molecule has 1 aliphatic carbocycles. The normalized spacial score (nSPS) is 26.3. The smallest absolute Gasteiger partial charge is 0.0673 e. The van der Waals surface area contributed by atoms with Gasteiger partial charge in [-0.1, -0.05) is 6.08 Å². The van der Waals surface area contributed by atoms with Gasteiger partial charge in [0.25, 0.3) is 0 Å². The van der Waals surface area contributed by atoms with Crippen molar-refractivity contribution in [1.82, 2.24) is 4.90 Å². The maximum Gasteiger partial charge on any atom is 0.0673 e. The van der Waals surface area contributed by atoms with Gasteiger partial charge in [-0.3, -0.25) is 4.90 Å². The minimum absolute atomic E-state index is 0.0204. The average Bonchev–Trinajstić information content (AvgIpc) is 3.04. The lowest BCUT2D eigenvalue weighted by Crippen LogP contribution is -2.50. The SMILES string of the molecule is COCC1=CCN(CC(C)(N)C2CC2)CC1. The second-order valence-electron chi connectivity index (χ2n) is 5.56. The summed E-state index contributed by atoms with van der Waals surface area (Å²) in [6.07, 6.45) is 6.09. The van der Waals surface area contributed by atoms with E-state index < -0.39 is 0 Å². The van der Waals surface area contributed by atoms with Crippen molar-refractivity contribution in [2.45, 2.75) is 31.7 Å². The molecule has 0 radical (unpaired) electrons. The molecule has 0 aromatic carbocycles. The van der Waals surface area contributed by atoms with Crippen LogP contribution in [0.4, 0.5) is 0 Å². The molecule has 1 saturated carbocycles. The van der Waals surface area contributed by atoms with Crippen LogP contribution in [0.5, 0.6) is 0 Å². The molecule has 1 fully saturated rings. The maximum absolute atomic E-state index is 6.36. The molecular formula is C13H24N2O. The summed E-state index contributed by atoms with van der Waals surface area (Å²) >= 11 is 0. The first-order valence-electron chi connectivity index (χ1n) is 6.30. The monoisotopic (exact) mass is 224 g/mol. The van der Waals surface area contributed by atoms with Gasteiger partial charge in [-0.25, -0.2) is 0 Å². The van der Waals surface area contributed by atoms with Gasteiger partial charge in [-0.2, -0.15) is 0 Å². The van der Waals surface area contributed by atoms with Gasteiger partial charge in [0.1, 0.15) is 0 Å². The fourth-order valence-electron chi connectivity index (χ4n) is 2.57. The van der Waals surface area contributed by atoms with Crippen LogP contribution in [0.3, 0.4) is 0 Å². The van der Waals surface area contributed by atoms with Crippen molar-refractivity contribution in [2.24, 2.45) is 11.7 Å². The summed E-state index contributed by atoms with van der Waals surface area (Å²) in [4.78, 5) is 2.47. The van der Waals surface area contributed by atoms with Crippen LogP contribution in [0.15, 0.2) is 11.6 Å². The molecule has 1 unspecified atom stereocenters. The molecular weight excluding hydrogens is 200 g/mol. The summed E-state index contributed by atoms with van der Waals surface area (Å²) in [6.45, 7) is 6.21. The van der Waals surface area contributed by atoms with Crippen molar-refractivity contribution in [3.63, 3.8) is 0 Å². The standard InChI is InChI=1S/C13H24N2O/c1-13(14,12-3-4-12)10-15-7-5-11(6-8-15)9-16-2/h5,12H,3-4,6-10,14H2,1-2H3. The fraction of sp³-hybridized carbons (Fsp3) is 0.846. The number of methoxy groups -OCH3 is 1. The highest BCUT2D eigenvalue weighted by Crippen LogP contribution is 2.38. The fourth-order valence-corrected chi connectivity index (χ4v) is 2.57. The highest BCUT2D eigenvalue weighted by atomic mass is 16.5. The van der Waals surface area contributed by atoms with E-state index >= 15 is 0 Å². The summed E-state index contributed by atoms with van der Waals surface area (Å²) in [5.74, 6) is 0.761. The third-order valence-electron chi connectivity index (χ3n) is 3.79. The van der Waals surface area contributed by atoms with Crippen molar-refractivity contribution in [3.05, 3.63) is 11.6 Å². The van der Waals surface area contributed by atoms with Gasteiger partial charge >= 0.3 is 0 Å². The van der Waals surface area contributed by atoms with E-state index in [2.05, 4.69) is 17.9 Å². The van der Waals surface area contributed by atoms with Crippen molar-refractivity contribution in [2.75, 3.05) is 33.4 Å². The highest BCUT2D eigenvalue weighted by molar-refractivity contribution is 5.09. The zero-order valence-corrected chi connectivity index (χ0v) is 10.5. The summed E-state index contributed by atoms with van der Waals surface area (Å²) in [5.41, 5.74) is 7.81. The van der Waals surface area contributed by atoms with Gasteiger partial charge in [-0.05, 0) is 37.7 Å². The Balaban J connectivity index is 1.80. The molecule has 3 heteroatoms. The van der Waals surface area contributed by atoms with Crippen LogP contribution in [0.2, 0.25) is 0 Å². The Hall–Kier alpha value is -0.380. The molecule has 0 bridgehead atoms. The topological polar surface area (TPSA) is 38.5 Å². The number of nitrogens with zero attached hydrogens (tertiary/aromatic N) is 1. The van der Waals surface area contributed by atoms with E-state index in [0.717, 1.165) is 38.6 Å². The van der Waals surface area contributed by atoms with Crippen LogP contribution in [0.1, 0.15) is 26.2 Å². The van der Waals surface area contributed by atoms with Crippen molar-refractivity contribution >= 4 is 0 Å². The number of nitrogens with two attached hydrogens (primary N) is 1. The van der Waals surface area contributed by atoms with Crippen molar-refractivity contribution < 1.29 is 4.74 Å². The van der Waals surface area contributed by atoms with Gasteiger partial charge in [0, 0.05) is 32.3 Å². The highest BCUT2D eigenvalue weighted by Gasteiger charge is 2.39. The molecule has 16 heavy (non-hydrogen) atoms. The minimum Gasteiger partial charge on any atom is -0.380 e. The maximum atomic E-state index is 6.36. The molecule has 0 spiro atoms. The largest absolute Gasteiger partial charge is 0.380 e. The Kier molecular flexibility index (Phi) is 3.67. The third kappa shape index (κ3) is 3.06. The quantitative estimate of drug-likeness (QED) is 0.717. The Morgan fingerprint density at radius 2 is 2.31 bits per heavy atom. The van der Waals surface area contributed by atoms with Gasteiger partial charge in [-0.15, -0.1) is 0 Å². The van der Waals surface area contributed by atoms with Gasteiger partial charge in [0.15, 0.2) is 0 Å². The lowest BCUT2D eigenvalue weighted by molar-refractivity contribution is 0.193. The lowest BCUT2D eigenvalue weighted by Gasteiger charge is -2.34. The van der Waals surface area contributed by atoms with Crippen molar-refractivity contribution in [3.8, 4) is 0 Å². The van der Waals surface area contributed by atoms with E-state index in [1.807, 2.05) is 0 Å². The van der Waals surface area contributed by atoms with E-state index in [1.54, 1.807) is 7.11 Å². The molecule has 1 atom stereocenters. The number of rotatable bonds is 5. The van der Waals surface area contributed by atoms with Crippen LogP contribution in [0, 0.1) is 5.92 Å². The second-order valence-corrected chi connectivity index (χ2v) is 5.56. The Labute approximate surface area is 98.6 Å². The first-order chi connectivity index (χ1) is 7.62. The van der Waals surface area contributed by atoms with Crippen LogP contribution >= 0.6 is 0 Å². The van der Waals surface area contributed by atoms with Gasteiger partial charge in [0.2, 0.25) is 0 Å². The van der Waals surface area contributed by atoms with Crippen LogP contribution in [-0.4, -0.2) is 43.8 Å². The molecule has 2 N–H and O–H groups in total. The first-order valence-corrected chi connectivity index (χ1v) is 6.30. The Bertz CT molecular complexity index is 269. The van der Waals surface area contributed by atoms with Crippen LogP contribution in [-0.2, 0) is 4.74 Å². The number of hydrogen-bond acceptors (Lipinski definition) is 3. The molecule has 1 heterocycles. The van der Waals surface area contributed by atoms with E-state index in [4.69, 9.17) is 10.5 Å². The average molecular weight is 224 g/mol. The molecule has 92 valence electrons. The molecule has 0 aromatic heterocycles. The minimum atomic E-state index is 0.0204. The zero-order chi connectivity index (χ0) is 11.6. The molecule has 0 saturated heterocycles. The molecule has 3 nitrogen and oxygen atoms in total. The Morgan fingerprint density at radius 3 is 2.81 bits per heavy atom. The van der Waals surface area contributed by atoms with E-state index in [0.29, 0.717) is 0 Å². The summed E-state index contributed by atoms with van der Waals surface area (Å²) in [5, 5.41) is 0. The molecule has 2 rings (SSSR count). The number of hydrogen-bond donors (Lipinski definition) is 1. The van der Waals surface area contributed by atoms with E-state index in [1.165, 1.54) is 18.4 Å². The first kappa shape index (κ1) is 12.1. The van der Waals surface area contributed by atoms with Gasteiger partial charge < -0.3 is 10.5 Å². The molecule has 0 aromatic rings. The zero-order valence-electron chi connectivity index (χ0n) is 10.5. The molecule has 1 aliphatic heterocycles. The van der Waals surface area contributed by atoms with Crippen LogP contribution < -0.4 is 5.73 Å². The van der Waals surface area contributed by atoms with Gasteiger partial charge in [0.05, 0.1) is 6.61 Å². The summed E-state index contributed by atoms with van der Waals surface area (Å²) in [6, 6.07) is 0. The lowest BCUT2D eigenvalue weighted by atomic mass is 9.95. The Morgan fingerprint density at radius 1 is 1.56 bits per heavy atom. The summed E-state index contributed by atoms with van der Waals surface area (Å²) < 4.78 is 5.15. The molecule has 2 aliphatic rings. The van der Waals surface area contributed by atoms with E-state index in [-0.39, 0.29) is 5.54 Å². The van der Waals surface area contributed by atoms with Crippen molar-refractivity contribution in [1.29, 1.82) is 0 Å². The molecule has 0 amide bonds. The van der Waals surface area contributed by atoms with E-state index in [9.17, 15) is 0 Å². The number of ether oxygens (including phenoxy) is 1. The third-order valence-corrected chi connectivity index (χ3v) is 3.79. The predicted molar refractivity (Wildman–Crippen MR) is 66.3 cm³/mol. The predicted octanol–water partition coefficient (Wildman–Crippen LogP) is 1.39. The second kappa shape index (κ2) is 4.86. The summed E-state index contributed by atoms with van der Waals surface area (Å²) in [7, 11) is 1.76. The van der Waals surface area contributed by atoms with Crippen LogP contribution in [0.25, 0.3) is 0 Å².